The Morgan fingerprint density at radius 2 is 1.51 bits per heavy atom. The monoisotopic (exact) mass is 530 g/mol. The van der Waals surface area contributed by atoms with Crippen molar-refractivity contribution < 1.29 is 24.3 Å². The van der Waals surface area contributed by atoms with E-state index in [4.69, 9.17) is 5.11 Å². The number of likely N-dealkylation sites (tertiary alicyclic amines) is 1. The van der Waals surface area contributed by atoms with Crippen LogP contribution in [-0.4, -0.2) is 86.8 Å². The molecule has 0 bridgehead atoms. The van der Waals surface area contributed by atoms with E-state index in [0.717, 1.165) is 51.5 Å². The summed E-state index contributed by atoms with van der Waals surface area (Å²) < 4.78 is 0. The SMILES string of the molecule is CC.CC(C)C.CNC(=O)C(=O)C(CC1CC1)NC(=O)C1CCCN1C.CNC(C=O)C(C)(C)C.CO. The molecule has 1 aliphatic carbocycles. The highest BCUT2D eigenvalue weighted by molar-refractivity contribution is 6.38. The number of nitrogens with zero attached hydrogens (tertiary/aromatic N) is 1. The molecule has 1 aliphatic heterocycles. The number of aliphatic hydroxyl groups excluding tert-OH is 1. The predicted octanol–water partition coefficient (Wildman–Crippen LogP) is 2.80. The number of ketones is 1. The molecule has 220 valence electrons. The summed E-state index contributed by atoms with van der Waals surface area (Å²) in [4.78, 5) is 48.1. The second kappa shape index (κ2) is 22.2. The number of likely N-dealkylation sites (N-methyl/N-ethyl adjacent to an activating group) is 3. The fourth-order valence-electron chi connectivity index (χ4n) is 3.41. The van der Waals surface area contributed by atoms with Gasteiger partial charge in [0, 0.05) is 14.2 Å². The quantitative estimate of drug-likeness (QED) is 0.281. The Balaban J connectivity index is -0.000000567. The van der Waals surface area contributed by atoms with E-state index in [1.807, 2.05) is 46.6 Å². The van der Waals surface area contributed by atoms with Crippen molar-refractivity contribution >= 4 is 23.9 Å². The molecule has 2 fully saturated rings. The lowest BCUT2D eigenvalue weighted by atomic mass is 9.88. The number of aliphatic hydroxyl groups is 1. The van der Waals surface area contributed by atoms with E-state index in [1.165, 1.54) is 7.05 Å². The smallest absolute Gasteiger partial charge is 0.289 e. The Labute approximate surface area is 226 Å². The first kappa shape index (κ1) is 39.7. The summed E-state index contributed by atoms with van der Waals surface area (Å²) in [7, 11) is 6.14. The Kier molecular flexibility index (Phi) is 23.8. The molecule has 1 heterocycles. The fourth-order valence-corrected chi connectivity index (χ4v) is 3.41. The summed E-state index contributed by atoms with van der Waals surface area (Å²) in [5, 5.41) is 15.0. The number of carbonyl (C=O) groups excluding carboxylic acids is 4. The van der Waals surface area contributed by atoms with Crippen LogP contribution in [0.15, 0.2) is 0 Å². The zero-order valence-corrected chi connectivity index (χ0v) is 25.7. The molecule has 4 N–H and O–H groups in total. The van der Waals surface area contributed by atoms with Crippen LogP contribution < -0.4 is 16.0 Å². The van der Waals surface area contributed by atoms with E-state index < -0.39 is 17.7 Å². The van der Waals surface area contributed by atoms with Crippen LogP contribution >= 0.6 is 0 Å². The number of aldehydes is 1. The van der Waals surface area contributed by atoms with E-state index in [1.54, 1.807) is 7.05 Å². The van der Waals surface area contributed by atoms with Gasteiger partial charge in [0.25, 0.3) is 5.91 Å². The molecule has 3 unspecified atom stereocenters. The molecular formula is C28H58N4O5. The summed E-state index contributed by atoms with van der Waals surface area (Å²) in [6.45, 7) is 17.5. The molecule has 0 radical (unpaired) electrons. The standard InChI is InChI=1S/C14H23N3O3.C7H15NO.C4H10.C2H6.CH4O/c1-15-14(20)12(18)10(8-9-5-6-9)16-13(19)11-4-3-7-17(11)2;1-7(2,3)6(5-9)8-4;1-4(2)3;2*1-2/h9-11H,3-8H2,1-2H3,(H,15,20)(H,16,19);5-6,8H,1-4H3;4H,1-3H3;1-2H3;2H,1H3. The summed E-state index contributed by atoms with van der Waals surface area (Å²) in [6.07, 6.45) is 5.49. The average Bonchev–Trinajstić information content (AvgIpc) is 3.56. The second-order valence-corrected chi connectivity index (χ2v) is 10.8. The molecule has 3 atom stereocenters. The normalized spacial score (nSPS) is 18.1. The first-order valence-corrected chi connectivity index (χ1v) is 13.6. The highest BCUT2D eigenvalue weighted by atomic mass is 16.2. The Morgan fingerprint density at radius 1 is 1.03 bits per heavy atom. The third kappa shape index (κ3) is 19.0. The van der Waals surface area contributed by atoms with E-state index in [-0.39, 0.29) is 23.4 Å². The minimum Gasteiger partial charge on any atom is -0.400 e. The topological polar surface area (TPSA) is 128 Å². The number of rotatable bonds is 8. The van der Waals surface area contributed by atoms with E-state index in [0.29, 0.717) is 12.3 Å². The lowest BCUT2D eigenvalue weighted by Crippen LogP contribution is -2.51. The summed E-state index contributed by atoms with van der Waals surface area (Å²) in [5.74, 6) is 0.00671. The molecule has 1 saturated heterocycles. The van der Waals surface area contributed by atoms with Gasteiger partial charge in [0.05, 0.1) is 18.1 Å². The summed E-state index contributed by atoms with van der Waals surface area (Å²) >= 11 is 0. The predicted molar refractivity (Wildman–Crippen MR) is 152 cm³/mol. The first-order valence-electron chi connectivity index (χ1n) is 13.6. The molecule has 2 rings (SSSR count). The fraction of sp³-hybridized carbons (Fsp3) is 0.857. The molecule has 1 saturated carbocycles. The van der Waals surface area contributed by atoms with Crippen LogP contribution in [0.5, 0.6) is 0 Å². The zero-order chi connectivity index (χ0) is 29.8. The highest BCUT2D eigenvalue weighted by Gasteiger charge is 2.36. The largest absolute Gasteiger partial charge is 0.400 e. The van der Waals surface area contributed by atoms with Crippen molar-refractivity contribution in [2.45, 2.75) is 106 Å². The highest BCUT2D eigenvalue weighted by Crippen LogP contribution is 2.33. The summed E-state index contributed by atoms with van der Waals surface area (Å²) in [6, 6.07) is -0.879. The Morgan fingerprint density at radius 3 is 1.78 bits per heavy atom. The maximum Gasteiger partial charge on any atom is 0.289 e. The van der Waals surface area contributed by atoms with E-state index >= 15 is 0 Å². The van der Waals surface area contributed by atoms with Crippen LogP contribution in [0.2, 0.25) is 0 Å². The van der Waals surface area contributed by atoms with Crippen molar-refractivity contribution in [3.05, 3.63) is 0 Å². The van der Waals surface area contributed by atoms with Crippen LogP contribution in [0.3, 0.4) is 0 Å². The van der Waals surface area contributed by atoms with Gasteiger partial charge in [-0.2, -0.15) is 0 Å². The molecule has 0 aromatic rings. The molecule has 37 heavy (non-hydrogen) atoms. The lowest BCUT2D eigenvalue weighted by molar-refractivity contribution is -0.140. The average molecular weight is 531 g/mol. The maximum atomic E-state index is 12.2. The molecule has 0 spiro atoms. The number of Topliss-reactive ketones (excluding diaryl/α,β-unsaturated/α-hetero) is 1. The van der Waals surface area contributed by atoms with Gasteiger partial charge >= 0.3 is 0 Å². The molecule has 2 amide bonds. The molecule has 9 nitrogen and oxygen atoms in total. The van der Waals surface area contributed by atoms with Gasteiger partial charge in [-0.15, -0.1) is 0 Å². The maximum absolute atomic E-state index is 12.2. The molecular weight excluding hydrogens is 472 g/mol. The van der Waals surface area contributed by atoms with Crippen molar-refractivity contribution in [2.24, 2.45) is 17.3 Å². The van der Waals surface area contributed by atoms with Gasteiger partial charge < -0.3 is 25.9 Å². The third-order valence-corrected chi connectivity index (χ3v) is 5.55. The van der Waals surface area contributed by atoms with Crippen molar-refractivity contribution in [3.63, 3.8) is 0 Å². The Bertz CT molecular complexity index is 628. The third-order valence-electron chi connectivity index (χ3n) is 5.55. The summed E-state index contributed by atoms with van der Waals surface area (Å²) in [5.41, 5.74) is 0.0382. The van der Waals surface area contributed by atoms with E-state index in [9.17, 15) is 19.2 Å². The van der Waals surface area contributed by atoms with Gasteiger partial charge in [0.2, 0.25) is 11.7 Å². The second-order valence-electron chi connectivity index (χ2n) is 10.8. The minimum atomic E-state index is -0.677. The van der Waals surface area contributed by atoms with Crippen molar-refractivity contribution in [2.75, 3.05) is 34.8 Å². The zero-order valence-electron chi connectivity index (χ0n) is 25.7. The van der Waals surface area contributed by atoms with Gasteiger partial charge in [-0.05, 0) is 57.2 Å². The minimum absolute atomic E-state index is 0.0301. The van der Waals surface area contributed by atoms with Crippen molar-refractivity contribution in [1.82, 2.24) is 20.9 Å². The lowest BCUT2D eigenvalue weighted by Gasteiger charge is -2.24. The number of hydrogen-bond acceptors (Lipinski definition) is 7. The van der Waals surface area contributed by atoms with Crippen LogP contribution in [-0.2, 0) is 19.2 Å². The van der Waals surface area contributed by atoms with Gasteiger partial charge in [-0.25, -0.2) is 0 Å². The van der Waals surface area contributed by atoms with Gasteiger partial charge in [-0.1, -0.05) is 68.2 Å². The van der Waals surface area contributed by atoms with Gasteiger partial charge in [0.15, 0.2) is 0 Å². The molecule has 0 aromatic carbocycles. The molecule has 9 heteroatoms. The van der Waals surface area contributed by atoms with Crippen LogP contribution in [0, 0.1) is 17.3 Å². The molecule has 2 aliphatic rings. The number of amides is 2. The van der Waals surface area contributed by atoms with Gasteiger partial charge in [-0.3, -0.25) is 19.3 Å². The van der Waals surface area contributed by atoms with Crippen LogP contribution in [0.1, 0.15) is 87.5 Å². The van der Waals surface area contributed by atoms with Crippen LogP contribution in [0.4, 0.5) is 0 Å². The van der Waals surface area contributed by atoms with Crippen molar-refractivity contribution in [3.8, 4) is 0 Å². The number of carbonyl (C=O) groups is 4. The van der Waals surface area contributed by atoms with Crippen molar-refractivity contribution in [1.29, 1.82) is 0 Å². The van der Waals surface area contributed by atoms with Gasteiger partial charge in [0.1, 0.15) is 6.29 Å². The van der Waals surface area contributed by atoms with Crippen LogP contribution in [0.25, 0.3) is 0 Å². The Hall–Kier alpha value is -1.84. The number of nitrogens with one attached hydrogen (secondary N) is 3. The van der Waals surface area contributed by atoms with E-state index in [2.05, 4.69) is 36.7 Å². The first-order chi connectivity index (χ1) is 17.3. The number of hydrogen-bond donors (Lipinski definition) is 4. The molecule has 0 aromatic heterocycles.